The van der Waals surface area contributed by atoms with E-state index in [2.05, 4.69) is 10.3 Å². The Morgan fingerprint density at radius 2 is 2.21 bits per heavy atom. The first-order valence-electron chi connectivity index (χ1n) is 4.48. The molecule has 1 aromatic heterocycles. The van der Waals surface area contributed by atoms with Crippen molar-refractivity contribution in [1.82, 2.24) is 4.98 Å². The van der Waals surface area contributed by atoms with Crippen LogP contribution in [-0.2, 0) is 0 Å². The van der Waals surface area contributed by atoms with E-state index in [1.165, 1.54) is 12.1 Å². The summed E-state index contributed by atoms with van der Waals surface area (Å²) in [4.78, 5) is 4.10. The summed E-state index contributed by atoms with van der Waals surface area (Å²) >= 11 is 0. The Balaban J connectivity index is 2.41. The van der Waals surface area contributed by atoms with E-state index in [1.807, 2.05) is 13.8 Å². The van der Waals surface area contributed by atoms with E-state index in [1.54, 1.807) is 6.07 Å². The molecule has 0 saturated heterocycles. The standard InChI is InChI=1S/C10H11FN2O/c1-6(2)12-10-13-8-5-7(11)3-4-9(8)14-10/h3-6H,1-2H3,(H,12,13). The van der Waals surface area contributed by atoms with Crippen LogP contribution < -0.4 is 5.32 Å². The molecule has 0 saturated carbocycles. The predicted octanol–water partition coefficient (Wildman–Crippen LogP) is 2.79. The fourth-order valence-corrected chi connectivity index (χ4v) is 1.21. The zero-order chi connectivity index (χ0) is 10.1. The number of hydrogen-bond donors (Lipinski definition) is 1. The van der Waals surface area contributed by atoms with Crippen molar-refractivity contribution in [2.24, 2.45) is 0 Å². The number of anilines is 1. The van der Waals surface area contributed by atoms with Gasteiger partial charge in [0.15, 0.2) is 5.58 Å². The van der Waals surface area contributed by atoms with Crippen molar-refractivity contribution in [1.29, 1.82) is 0 Å². The Morgan fingerprint density at radius 3 is 2.93 bits per heavy atom. The second-order valence-corrected chi connectivity index (χ2v) is 3.43. The second-order valence-electron chi connectivity index (χ2n) is 3.43. The zero-order valence-electron chi connectivity index (χ0n) is 8.04. The summed E-state index contributed by atoms with van der Waals surface area (Å²) in [6, 6.07) is 4.95. The second kappa shape index (κ2) is 3.29. The minimum absolute atomic E-state index is 0.243. The molecule has 0 atom stereocenters. The smallest absolute Gasteiger partial charge is 0.295 e. The number of hydrogen-bond acceptors (Lipinski definition) is 3. The average Bonchev–Trinajstić information content (AvgIpc) is 2.44. The summed E-state index contributed by atoms with van der Waals surface area (Å²) < 4.78 is 18.2. The summed E-state index contributed by atoms with van der Waals surface area (Å²) in [5.74, 6) is -0.304. The van der Waals surface area contributed by atoms with Gasteiger partial charge in [-0.25, -0.2) is 4.39 Å². The number of rotatable bonds is 2. The van der Waals surface area contributed by atoms with Gasteiger partial charge < -0.3 is 9.73 Å². The molecule has 0 spiro atoms. The summed E-state index contributed by atoms with van der Waals surface area (Å²) in [6.07, 6.45) is 0. The third-order valence-corrected chi connectivity index (χ3v) is 1.76. The molecule has 2 rings (SSSR count). The fourth-order valence-electron chi connectivity index (χ4n) is 1.21. The lowest BCUT2D eigenvalue weighted by atomic mass is 10.3. The van der Waals surface area contributed by atoms with Crippen LogP contribution in [0, 0.1) is 5.82 Å². The van der Waals surface area contributed by atoms with Crippen LogP contribution in [0.3, 0.4) is 0 Å². The molecule has 0 fully saturated rings. The molecule has 0 amide bonds. The zero-order valence-corrected chi connectivity index (χ0v) is 8.04. The first-order valence-corrected chi connectivity index (χ1v) is 4.48. The van der Waals surface area contributed by atoms with Gasteiger partial charge in [-0.1, -0.05) is 0 Å². The maximum Gasteiger partial charge on any atom is 0.295 e. The molecule has 0 aliphatic heterocycles. The number of benzene rings is 1. The number of halogens is 1. The molecule has 1 heterocycles. The van der Waals surface area contributed by atoms with Gasteiger partial charge >= 0.3 is 0 Å². The number of nitrogens with one attached hydrogen (secondary N) is 1. The lowest BCUT2D eigenvalue weighted by Gasteiger charge is -2.02. The maximum atomic E-state index is 12.8. The summed E-state index contributed by atoms with van der Waals surface area (Å²) in [7, 11) is 0. The van der Waals surface area contributed by atoms with Gasteiger partial charge in [0.1, 0.15) is 11.3 Å². The predicted molar refractivity (Wildman–Crippen MR) is 52.7 cm³/mol. The van der Waals surface area contributed by atoms with Crippen LogP contribution in [0.1, 0.15) is 13.8 Å². The van der Waals surface area contributed by atoms with Crippen molar-refractivity contribution >= 4 is 17.1 Å². The maximum absolute atomic E-state index is 12.8. The fraction of sp³-hybridized carbons (Fsp3) is 0.300. The quantitative estimate of drug-likeness (QED) is 0.798. The third kappa shape index (κ3) is 1.69. The molecule has 0 aliphatic carbocycles. The molecule has 4 heteroatoms. The first kappa shape index (κ1) is 8.99. The Bertz CT molecular complexity index is 450. The van der Waals surface area contributed by atoms with E-state index < -0.39 is 0 Å². The Hall–Kier alpha value is -1.58. The van der Waals surface area contributed by atoms with E-state index in [4.69, 9.17) is 4.42 Å². The molecule has 0 aliphatic rings. The van der Waals surface area contributed by atoms with Gasteiger partial charge in [-0.2, -0.15) is 4.98 Å². The van der Waals surface area contributed by atoms with Crippen LogP contribution >= 0.6 is 0 Å². The van der Waals surface area contributed by atoms with E-state index in [0.29, 0.717) is 17.1 Å². The van der Waals surface area contributed by atoms with Crippen LogP contribution in [0.15, 0.2) is 22.6 Å². The highest BCUT2D eigenvalue weighted by atomic mass is 19.1. The van der Waals surface area contributed by atoms with Gasteiger partial charge in [0, 0.05) is 12.1 Å². The highest BCUT2D eigenvalue weighted by Crippen LogP contribution is 2.19. The molecule has 1 N–H and O–H groups in total. The minimum atomic E-state index is -0.304. The largest absolute Gasteiger partial charge is 0.424 e. The molecular formula is C10H11FN2O. The first-order chi connectivity index (χ1) is 6.65. The monoisotopic (exact) mass is 194 g/mol. The Kier molecular flexibility index (Phi) is 2.11. The van der Waals surface area contributed by atoms with Crippen molar-refractivity contribution in [3.05, 3.63) is 24.0 Å². The van der Waals surface area contributed by atoms with Crippen LogP contribution in [0.5, 0.6) is 0 Å². The highest BCUT2D eigenvalue weighted by Gasteiger charge is 2.06. The van der Waals surface area contributed by atoms with Crippen molar-refractivity contribution in [2.75, 3.05) is 5.32 Å². The number of oxazole rings is 1. The molecule has 1 aromatic carbocycles. The average molecular weight is 194 g/mol. The molecule has 14 heavy (non-hydrogen) atoms. The highest BCUT2D eigenvalue weighted by molar-refractivity contribution is 5.74. The molecular weight excluding hydrogens is 183 g/mol. The van der Waals surface area contributed by atoms with Crippen molar-refractivity contribution < 1.29 is 8.81 Å². The molecule has 3 nitrogen and oxygen atoms in total. The SMILES string of the molecule is CC(C)Nc1nc2cc(F)ccc2o1. The Morgan fingerprint density at radius 1 is 1.43 bits per heavy atom. The number of nitrogens with zero attached hydrogens (tertiary/aromatic N) is 1. The minimum Gasteiger partial charge on any atom is -0.424 e. The topological polar surface area (TPSA) is 38.1 Å². The van der Waals surface area contributed by atoms with Gasteiger partial charge in [-0.05, 0) is 26.0 Å². The number of fused-ring (bicyclic) bond motifs is 1. The van der Waals surface area contributed by atoms with Crippen LogP contribution in [0.4, 0.5) is 10.4 Å². The van der Waals surface area contributed by atoms with E-state index in [0.717, 1.165) is 0 Å². The lowest BCUT2D eigenvalue weighted by molar-refractivity contribution is 0.603. The molecule has 0 radical (unpaired) electrons. The molecule has 74 valence electrons. The van der Waals surface area contributed by atoms with E-state index in [-0.39, 0.29) is 11.9 Å². The lowest BCUT2D eigenvalue weighted by Crippen LogP contribution is -2.09. The van der Waals surface area contributed by atoms with Gasteiger partial charge in [0.2, 0.25) is 0 Å². The summed E-state index contributed by atoms with van der Waals surface area (Å²) in [5, 5.41) is 3.01. The van der Waals surface area contributed by atoms with Crippen LogP contribution in [-0.4, -0.2) is 11.0 Å². The van der Waals surface area contributed by atoms with Gasteiger partial charge in [0.25, 0.3) is 6.01 Å². The van der Waals surface area contributed by atoms with Gasteiger partial charge in [0.05, 0.1) is 0 Å². The normalized spacial score (nSPS) is 11.1. The van der Waals surface area contributed by atoms with Gasteiger partial charge in [-0.15, -0.1) is 0 Å². The van der Waals surface area contributed by atoms with Crippen molar-refractivity contribution in [3.63, 3.8) is 0 Å². The molecule has 0 unspecified atom stereocenters. The summed E-state index contributed by atoms with van der Waals surface area (Å²) in [5.41, 5.74) is 1.13. The van der Waals surface area contributed by atoms with Crippen molar-refractivity contribution in [2.45, 2.75) is 19.9 Å². The summed E-state index contributed by atoms with van der Waals surface area (Å²) in [6.45, 7) is 3.96. The third-order valence-electron chi connectivity index (χ3n) is 1.76. The van der Waals surface area contributed by atoms with Crippen LogP contribution in [0.25, 0.3) is 11.1 Å². The van der Waals surface area contributed by atoms with Crippen molar-refractivity contribution in [3.8, 4) is 0 Å². The van der Waals surface area contributed by atoms with Gasteiger partial charge in [-0.3, -0.25) is 0 Å². The number of aromatic nitrogens is 1. The molecule has 2 aromatic rings. The van der Waals surface area contributed by atoms with E-state index >= 15 is 0 Å². The Labute approximate surface area is 80.9 Å². The van der Waals surface area contributed by atoms with Crippen LogP contribution in [0.2, 0.25) is 0 Å². The molecule has 0 bridgehead atoms. The van der Waals surface area contributed by atoms with E-state index in [9.17, 15) is 4.39 Å².